The first-order chi connectivity index (χ1) is 8.08. The Bertz CT molecular complexity index is 414. The number of nitrogens with zero attached hydrogens (tertiary/aromatic N) is 2. The van der Waals surface area contributed by atoms with E-state index >= 15 is 0 Å². The molecule has 0 aromatic heterocycles. The number of nitriles is 1. The molecule has 0 amide bonds. The lowest BCUT2D eigenvalue weighted by Crippen LogP contribution is -2.27. The van der Waals surface area contributed by atoms with Crippen molar-refractivity contribution in [2.75, 3.05) is 13.1 Å². The number of halogens is 2. The fourth-order valence-electron chi connectivity index (χ4n) is 1.65. The first-order valence-electron chi connectivity index (χ1n) is 5.63. The maximum Gasteiger partial charge on any atom is 0.137 e. The van der Waals surface area contributed by atoms with E-state index < -0.39 is 0 Å². The van der Waals surface area contributed by atoms with Gasteiger partial charge in [-0.05, 0) is 41.0 Å². The third kappa shape index (κ3) is 4.10. The first kappa shape index (κ1) is 14.1. The molecular weight excluding hydrogens is 283 g/mol. The molecule has 0 saturated carbocycles. The molecule has 1 atom stereocenters. The van der Waals surface area contributed by atoms with Gasteiger partial charge in [-0.3, -0.25) is 4.90 Å². The molecule has 2 nitrogen and oxygen atoms in total. The molecule has 1 aromatic rings. The van der Waals surface area contributed by atoms with Crippen LogP contribution >= 0.6 is 15.9 Å². The summed E-state index contributed by atoms with van der Waals surface area (Å²) in [6, 6.07) is 7.25. The molecule has 0 aliphatic carbocycles. The standard InChI is InChI=1S/C13H16BrFN2/c1-3-17(8-10(2)7-16)9-11-5-4-6-12(15)13(11)14/h4-6,10H,3,8-9H2,1-2H3. The fraction of sp³-hybridized carbons (Fsp3) is 0.462. The van der Waals surface area contributed by atoms with Gasteiger partial charge >= 0.3 is 0 Å². The lowest BCUT2D eigenvalue weighted by atomic mass is 10.1. The Morgan fingerprint density at radius 2 is 2.24 bits per heavy atom. The van der Waals surface area contributed by atoms with Crippen LogP contribution < -0.4 is 0 Å². The summed E-state index contributed by atoms with van der Waals surface area (Å²) in [6.07, 6.45) is 0. The van der Waals surface area contributed by atoms with E-state index in [0.29, 0.717) is 17.6 Å². The highest BCUT2D eigenvalue weighted by atomic mass is 79.9. The Hall–Kier alpha value is -0.920. The van der Waals surface area contributed by atoms with Crippen molar-refractivity contribution in [1.29, 1.82) is 5.26 Å². The minimum atomic E-state index is -0.244. The molecule has 0 spiro atoms. The molecule has 0 saturated heterocycles. The van der Waals surface area contributed by atoms with Gasteiger partial charge in [0.25, 0.3) is 0 Å². The predicted molar refractivity (Wildman–Crippen MR) is 69.8 cm³/mol. The van der Waals surface area contributed by atoms with Crippen LogP contribution in [0.2, 0.25) is 0 Å². The van der Waals surface area contributed by atoms with E-state index in [2.05, 4.69) is 26.9 Å². The lowest BCUT2D eigenvalue weighted by molar-refractivity contribution is 0.259. The highest BCUT2D eigenvalue weighted by Crippen LogP contribution is 2.22. The van der Waals surface area contributed by atoms with Crippen LogP contribution in [0.15, 0.2) is 22.7 Å². The summed E-state index contributed by atoms with van der Waals surface area (Å²) in [4.78, 5) is 2.13. The van der Waals surface area contributed by atoms with Crippen LogP contribution in [0.5, 0.6) is 0 Å². The van der Waals surface area contributed by atoms with Gasteiger partial charge in [0.05, 0.1) is 16.5 Å². The Morgan fingerprint density at radius 1 is 1.53 bits per heavy atom. The molecule has 0 fully saturated rings. The zero-order valence-electron chi connectivity index (χ0n) is 10.1. The summed E-state index contributed by atoms with van der Waals surface area (Å²) >= 11 is 3.25. The topological polar surface area (TPSA) is 27.0 Å². The van der Waals surface area contributed by atoms with Crippen molar-refractivity contribution in [2.24, 2.45) is 5.92 Å². The van der Waals surface area contributed by atoms with Crippen molar-refractivity contribution in [3.05, 3.63) is 34.1 Å². The summed E-state index contributed by atoms with van der Waals surface area (Å²) in [5, 5.41) is 8.80. The van der Waals surface area contributed by atoms with Gasteiger partial charge < -0.3 is 0 Å². The minimum Gasteiger partial charge on any atom is -0.298 e. The van der Waals surface area contributed by atoms with Crippen LogP contribution in [0.4, 0.5) is 4.39 Å². The normalized spacial score (nSPS) is 12.5. The molecule has 1 rings (SSSR count). The van der Waals surface area contributed by atoms with E-state index in [-0.39, 0.29) is 11.7 Å². The van der Waals surface area contributed by atoms with Gasteiger partial charge in [-0.2, -0.15) is 5.26 Å². The van der Waals surface area contributed by atoms with Crippen LogP contribution in [0.25, 0.3) is 0 Å². The number of hydrogen-bond donors (Lipinski definition) is 0. The smallest absolute Gasteiger partial charge is 0.137 e. The van der Waals surface area contributed by atoms with Crippen LogP contribution in [0.1, 0.15) is 19.4 Å². The minimum absolute atomic E-state index is 0.0118. The molecule has 0 radical (unpaired) electrons. The van der Waals surface area contributed by atoms with Gasteiger partial charge in [-0.25, -0.2) is 4.39 Å². The molecule has 0 bridgehead atoms. The molecule has 1 unspecified atom stereocenters. The lowest BCUT2D eigenvalue weighted by Gasteiger charge is -2.22. The van der Waals surface area contributed by atoms with Gasteiger partial charge in [-0.1, -0.05) is 19.1 Å². The Labute approximate surface area is 110 Å². The molecule has 17 heavy (non-hydrogen) atoms. The van der Waals surface area contributed by atoms with Crippen molar-refractivity contribution in [3.8, 4) is 6.07 Å². The summed E-state index contributed by atoms with van der Waals surface area (Å²) in [7, 11) is 0. The third-order valence-electron chi connectivity index (χ3n) is 2.63. The van der Waals surface area contributed by atoms with E-state index in [1.54, 1.807) is 6.07 Å². The quantitative estimate of drug-likeness (QED) is 0.831. The van der Waals surface area contributed by atoms with Crippen molar-refractivity contribution in [3.63, 3.8) is 0 Å². The van der Waals surface area contributed by atoms with Gasteiger partial charge in [-0.15, -0.1) is 0 Å². The van der Waals surface area contributed by atoms with E-state index in [0.717, 1.165) is 12.1 Å². The summed E-state index contributed by atoms with van der Waals surface area (Å²) in [5.41, 5.74) is 0.914. The largest absolute Gasteiger partial charge is 0.298 e. The Kier molecular flexibility index (Phi) is 5.60. The fourth-order valence-corrected chi connectivity index (χ4v) is 2.03. The zero-order valence-corrected chi connectivity index (χ0v) is 11.7. The van der Waals surface area contributed by atoms with Crippen molar-refractivity contribution in [2.45, 2.75) is 20.4 Å². The molecule has 1 aromatic carbocycles. The molecule has 0 N–H and O–H groups in total. The van der Waals surface area contributed by atoms with Crippen molar-refractivity contribution < 1.29 is 4.39 Å². The summed E-state index contributed by atoms with van der Waals surface area (Å²) < 4.78 is 13.9. The highest BCUT2D eigenvalue weighted by Gasteiger charge is 2.11. The van der Waals surface area contributed by atoms with Gasteiger partial charge in [0, 0.05) is 13.1 Å². The van der Waals surface area contributed by atoms with Crippen molar-refractivity contribution in [1.82, 2.24) is 4.90 Å². The van der Waals surface area contributed by atoms with Crippen molar-refractivity contribution >= 4 is 15.9 Å². The average Bonchev–Trinajstić information content (AvgIpc) is 2.33. The highest BCUT2D eigenvalue weighted by molar-refractivity contribution is 9.10. The van der Waals surface area contributed by atoms with E-state index in [4.69, 9.17) is 5.26 Å². The van der Waals surface area contributed by atoms with Gasteiger partial charge in [0.15, 0.2) is 0 Å². The Balaban J connectivity index is 2.74. The van der Waals surface area contributed by atoms with E-state index in [1.807, 2.05) is 19.9 Å². The number of rotatable bonds is 5. The summed E-state index contributed by atoms with van der Waals surface area (Å²) in [6.45, 7) is 6.13. The molecule has 0 aliphatic heterocycles. The van der Waals surface area contributed by atoms with Crippen LogP contribution in [-0.4, -0.2) is 18.0 Å². The predicted octanol–water partition coefficient (Wildman–Crippen LogP) is 3.57. The van der Waals surface area contributed by atoms with Gasteiger partial charge in [0.1, 0.15) is 5.82 Å². The van der Waals surface area contributed by atoms with E-state index in [1.165, 1.54) is 6.07 Å². The summed E-state index contributed by atoms with van der Waals surface area (Å²) in [5.74, 6) is -0.255. The molecule has 92 valence electrons. The molecule has 0 heterocycles. The van der Waals surface area contributed by atoms with Crippen LogP contribution in [0, 0.1) is 23.1 Å². The van der Waals surface area contributed by atoms with Gasteiger partial charge in [0.2, 0.25) is 0 Å². The first-order valence-corrected chi connectivity index (χ1v) is 6.42. The zero-order chi connectivity index (χ0) is 12.8. The molecule has 0 aliphatic rings. The van der Waals surface area contributed by atoms with E-state index in [9.17, 15) is 4.39 Å². The average molecular weight is 299 g/mol. The molecule has 4 heteroatoms. The second kappa shape index (κ2) is 6.73. The number of benzene rings is 1. The maximum absolute atomic E-state index is 13.3. The second-order valence-electron chi connectivity index (χ2n) is 4.07. The second-order valence-corrected chi connectivity index (χ2v) is 4.86. The molecular formula is C13H16BrFN2. The monoisotopic (exact) mass is 298 g/mol. The van der Waals surface area contributed by atoms with Crippen LogP contribution in [-0.2, 0) is 6.54 Å². The van der Waals surface area contributed by atoms with Crippen LogP contribution in [0.3, 0.4) is 0 Å². The SMILES string of the molecule is CCN(Cc1cccc(F)c1Br)CC(C)C#N. The maximum atomic E-state index is 13.3. The number of hydrogen-bond acceptors (Lipinski definition) is 2. The third-order valence-corrected chi connectivity index (χ3v) is 3.51. The Morgan fingerprint density at radius 3 is 2.82 bits per heavy atom.